The van der Waals surface area contributed by atoms with Crippen LogP contribution in [-0.2, 0) is 9.53 Å². The summed E-state index contributed by atoms with van der Waals surface area (Å²) in [6.45, 7) is 7.24. The highest BCUT2D eigenvalue weighted by atomic mass is 16.5. The molecule has 1 aromatic heterocycles. The van der Waals surface area contributed by atoms with Crippen molar-refractivity contribution in [2.24, 2.45) is 0 Å². The minimum absolute atomic E-state index is 0.0963. The minimum Gasteiger partial charge on any atom is -0.503 e. The Labute approximate surface area is 222 Å². The Balaban J connectivity index is 1.88. The van der Waals surface area contributed by atoms with E-state index in [1.165, 1.54) is 26.3 Å². The third kappa shape index (κ3) is 6.53. The maximum atomic E-state index is 13.1. The zero-order chi connectivity index (χ0) is 28.0. The molecule has 2 N–H and O–H groups in total. The van der Waals surface area contributed by atoms with Crippen molar-refractivity contribution in [2.45, 2.75) is 45.8 Å². The molecule has 0 aliphatic carbocycles. The van der Waals surface area contributed by atoms with Crippen LogP contribution >= 0.6 is 0 Å². The SMILES string of the molecule is COc1cc(C)cc(C(c2cc(C)cc(OC)c2)[C@H](C)OC(=O)[C@H](C)NC(=O)c2nccc(OC)c2O)c1. The second-order valence-corrected chi connectivity index (χ2v) is 9.09. The molecule has 0 spiro atoms. The lowest BCUT2D eigenvalue weighted by molar-refractivity contribution is -0.150. The molecule has 0 saturated heterocycles. The standard InChI is InChI=1S/C29H34N2O7/c1-16-10-20(14-22(12-16)35-5)25(21-11-17(2)13-23(15-21)36-6)19(4)38-29(34)18(3)31-28(33)26-27(32)24(37-7)8-9-30-26/h8-15,18-19,25,32H,1-7H3,(H,31,33)/t18-,19-/m0/s1. The molecule has 38 heavy (non-hydrogen) atoms. The summed E-state index contributed by atoms with van der Waals surface area (Å²) >= 11 is 0. The van der Waals surface area contributed by atoms with Crippen molar-refractivity contribution >= 4 is 11.9 Å². The van der Waals surface area contributed by atoms with Crippen molar-refractivity contribution in [3.63, 3.8) is 0 Å². The largest absolute Gasteiger partial charge is 0.503 e. The molecule has 3 aromatic rings. The van der Waals surface area contributed by atoms with Crippen molar-refractivity contribution in [3.8, 4) is 23.0 Å². The van der Waals surface area contributed by atoms with Gasteiger partial charge in [0, 0.05) is 18.2 Å². The van der Waals surface area contributed by atoms with E-state index in [0.717, 1.165) is 22.3 Å². The highest BCUT2D eigenvalue weighted by Gasteiger charge is 2.29. The molecule has 0 aliphatic heterocycles. The maximum absolute atomic E-state index is 13.1. The smallest absolute Gasteiger partial charge is 0.328 e. The molecular formula is C29H34N2O7. The Bertz CT molecular complexity index is 1250. The third-order valence-corrected chi connectivity index (χ3v) is 6.13. The maximum Gasteiger partial charge on any atom is 0.328 e. The number of hydrogen-bond acceptors (Lipinski definition) is 8. The van der Waals surface area contributed by atoms with Crippen molar-refractivity contribution in [1.29, 1.82) is 0 Å². The average molecular weight is 523 g/mol. The van der Waals surface area contributed by atoms with Gasteiger partial charge in [0.2, 0.25) is 0 Å². The fourth-order valence-corrected chi connectivity index (χ4v) is 4.33. The number of methoxy groups -OCH3 is 3. The number of aryl methyl sites for hydroxylation is 2. The highest BCUT2D eigenvalue weighted by Crippen LogP contribution is 2.35. The number of esters is 1. The first-order valence-electron chi connectivity index (χ1n) is 12.1. The molecular weight excluding hydrogens is 488 g/mol. The van der Waals surface area contributed by atoms with Gasteiger partial charge in [-0.25, -0.2) is 9.78 Å². The lowest BCUT2D eigenvalue weighted by atomic mass is 9.85. The number of rotatable bonds is 10. The van der Waals surface area contributed by atoms with Gasteiger partial charge >= 0.3 is 5.97 Å². The lowest BCUT2D eigenvalue weighted by Crippen LogP contribution is -2.41. The van der Waals surface area contributed by atoms with Crippen LogP contribution in [0.3, 0.4) is 0 Å². The van der Waals surface area contributed by atoms with Crippen LogP contribution in [0.1, 0.15) is 52.5 Å². The molecule has 1 amide bonds. The van der Waals surface area contributed by atoms with E-state index in [1.54, 1.807) is 21.1 Å². The molecule has 0 aliphatic rings. The van der Waals surface area contributed by atoms with Gasteiger partial charge in [0.1, 0.15) is 23.6 Å². The van der Waals surface area contributed by atoms with Crippen LogP contribution in [0.2, 0.25) is 0 Å². The van der Waals surface area contributed by atoms with E-state index in [4.69, 9.17) is 18.9 Å². The molecule has 9 heteroatoms. The van der Waals surface area contributed by atoms with Crippen LogP contribution in [0.5, 0.6) is 23.0 Å². The fourth-order valence-electron chi connectivity index (χ4n) is 4.33. The van der Waals surface area contributed by atoms with Gasteiger partial charge in [-0.3, -0.25) is 4.79 Å². The zero-order valence-corrected chi connectivity index (χ0v) is 22.7. The summed E-state index contributed by atoms with van der Waals surface area (Å²) in [4.78, 5) is 29.7. The predicted molar refractivity (Wildman–Crippen MR) is 142 cm³/mol. The summed E-state index contributed by atoms with van der Waals surface area (Å²) in [6.07, 6.45) is 0.707. The normalized spacial score (nSPS) is 12.4. The molecule has 3 rings (SSSR count). The number of pyridine rings is 1. The monoisotopic (exact) mass is 522 g/mol. The van der Waals surface area contributed by atoms with E-state index in [2.05, 4.69) is 10.3 Å². The molecule has 2 aromatic carbocycles. The number of aromatic nitrogens is 1. The van der Waals surface area contributed by atoms with Crippen molar-refractivity contribution in [2.75, 3.05) is 21.3 Å². The molecule has 202 valence electrons. The van der Waals surface area contributed by atoms with Gasteiger partial charge < -0.3 is 29.4 Å². The molecule has 2 atom stereocenters. The average Bonchev–Trinajstić information content (AvgIpc) is 2.88. The van der Waals surface area contributed by atoms with Gasteiger partial charge in [0.25, 0.3) is 5.91 Å². The van der Waals surface area contributed by atoms with Crippen molar-refractivity contribution < 1.29 is 33.6 Å². The number of aromatic hydroxyl groups is 1. The fraction of sp³-hybridized carbons (Fsp3) is 0.345. The van der Waals surface area contributed by atoms with Crippen LogP contribution in [0.4, 0.5) is 0 Å². The summed E-state index contributed by atoms with van der Waals surface area (Å²) in [7, 11) is 4.57. The Morgan fingerprint density at radius 3 is 1.92 bits per heavy atom. The number of carbonyl (C=O) groups is 2. The Morgan fingerprint density at radius 1 is 0.868 bits per heavy atom. The van der Waals surface area contributed by atoms with Gasteiger partial charge in [-0.05, 0) is 74.2 Å². The highest BCUT2D eigenvalue weighted by molar-refractivity contribution is 5.97. The van der Waals surface area contributed by atoms with Gasteiger partial charge in [-0.15, -0.1) is 0 Å². The number of amides is 1. The number of carbonyl (C=O) groups excluding carboxylic acids is 2. The van der Waals surface area contributed by atoms with Crippen LogP contribution in [0.15, 0.2) is 48.7 Å². The summed E-state index contributed by atoms with van der Waals surface area (Å²) in [6, 6.07) is 12.1. The first-order valence-corrected chi connectivity index (χ1v) is 12.1. The predicted octanol–water partition coefficient (Wildman–Crippen LogP) is 4.31. The van der Waals surface area contributed by atoms with Gasteiger partial charge in [0.15, 0.2) is 17.2 Å². The second kappa shape index (κ2) is 12.3. The molecule has 0 bridgehead atoms. The van der Waals surface area contributed by atoms with Crippen LogP contribution in [-0.4, -0.2) is 55.4 Å². The zero-order valence-electron chi connectivity index (χ0n) is 22.7. The van der Waals surface area contributed by atoms with Crippen molar-refractivity contribution in [1.82, 2.24) is 10.3 Å². The number of ether oxygens (including phenoxy) is 4. The first-order chi connectivity index (χ1) is 18.1. The molecule has 9 nitrogen and oxygen atoms in total. The van der Waals surface area contributed by atoms with E-state index in [9.17, 15) is 14.7 Å². The molecule has 0 unspecified atom stereocenters. The van der Waals surface area contributed by atoms with E-state index in [0.29, 0.717) is 11.5 Å². The van der Waals surface area contributed by atoms with Gasteiger partial charge in [-0.2, -0.15) is 0 Å². The number of nitrogens with zero attached hydrogens (tertiary/aromatic N) is 1. The number of nitrogens with one attached hydrogen (secondary N) is 1. The van der Waals surface area contributed by atoms with Gasteiger partial charge in [-0.1, -0.05) is 12.1 Å². The van der Waals surface area contributed by atoms with Gasteiger partial charge in [0.05, 0.1) is 21.3 Å². The van der Waals surface area contributed by atoms with E-state index in [-0.39, 0.29) is 17.4 Å². The molecule has 0 radical (unpaired) electrons. The minimum atomic E-state index is -1.02. The quantitative estimate of drug-likeness (QED) is 0.379. The summed E-state index contributed by atoms with van der Waals surface area (Å²) in [5, 5.41) is 12.8. The van der Waals surface area contributed by atoms with E-state index >= 15 is 0 Å². The Kier molecular flexibility index (Phi) is 9.17. The van der Waals surface area contributed by atoms with E-state index in [1.807, 2.05) is 50.2 Å². The first kappa shape index (κ1) is 28.3. The van der Waals surface area contributed by atoms with Crippen LogP contribution < -0.4 is 19.5 Å². The second-order valence-electron chi connectivity index (χ2n) is 9.09. The van der Waals surface area contributed by atoms with E-state index < -0.39 is 29.8 Å². The summed E-state index contributed by atoms with van der Waals surface area (Å²) in [5.41, 5.74) is 3.53. The van der Waals surface area contributed by atoms with Crippen molar-refractivity contribution in [3.05, 3.63) is 76.6 Å². The topological polar surface area (TPSA) is 116 Å². The van der Waals surface area contributed by atoms with Crippen LogP contribution in [0.25, 0.3) is 0 Å². The molecule has 0 fully saturated rings. The lowest BCUT2D eigenvalue weighted by Gasteiger charge is -2.27. The van der Waals surface area contributed by atoms with Crippen LogP contribution in [0, 0.1) is 13.8 Å². The summed E-state index contributed by atoms with van der Waals surface area (Å²) in [5.74, 6) is -0.668. The molecule has 0 saturated carbocycles. The molecule has 1 heterocycles. The number of benzene rings is 2. The number of hydrogen-bond donors (Lipinski definition) is 2. The summed E-state index contributed by atoms with van der Waals surface area (Å²) < 4.78 is 21.9. The Morgan fingerprint density at radius 2 is 1.42 bits per heavy atom. The third-order valence-electron chi connectivity index (χ3n) is 6.13. The Hall–Kier alpha value is -4.27.